The molecule has 186 valence electrons. The van der Waals surface area contributed by atoms with Crippen LogP contribution in [0.1, 0.15) is 33.3 Å². The molecular formula is C23H28Cl3N3O4S. The van der Waals surface area contributed by atoms with E-state index in [9.17, 15) is 18.0 Å². The maximum absolute atomic E-state index is 13.3. The quantitative estimate of drug-likeness (QED) is 0.522. The van der Waals surface area contributed by atoms with Crippen molar-refractivity contribution in [2.75, 3.05) is 13.6 Å². The lowest BCUT2D eigenvalue weighted by Gasteiger charge is -2.32. The van der Waals surface area contributed by atoms with Crippen LogP contribution in [0.15, 0.2) is 47.4 Å². The number of halogens is 3. The van der Waals surface area contributed by atoms with E-state index in [1.165, 1.54) is 42.3 Å². The number of carbonyl (C=O) groups is 2. The van der Waals surface area contributed by atoms with E-state index < -0.39 is 34.1 Å². The second-order valence-electron chi connectivity index (χ2n) is 8.89. The molecule has 7 nitrogen and oxygen atoms in total. The van der Waals surface area contributed by atoms with Gasteiger partial charge in [0.05, 0.1) is 11.4 Å². The summed E-state index contributed by atoms with van der Waals surface area (Å²) in [6.45, 7) is 6.56. The number of hydrogen-bond donors (Lipinski definition) is 1. The SMILES string of the molecule is C[C@H](C(=O)NC(C)(C)C)N(Cc1ccc(Cl)cc1Cl)C(=O)CN(C)S(=O)(=O)c1ccc(Cl)cc1. The van der Waals surface area contributed by atoms with Crippen molar-refractivity contribution in [3.63, 3.8) is 0 Å². The Bertz CT molecular complexity index is 1150. The maximum atomic E-state index is 13.3. The minimum absolute atomic E-state index is 0.00183. The highest BCUT2D eigenvalue weighted by atomic mass is 35.5. The van der Waals surface area contributed by atoms with Crippen molar-refractivity contribution in [3.8, 4) is 0 Å². The molecule has 0 heterocycles. The Balaban J connectivity index is 2.33. The fourth-order valence-electron chi connectivity index (χ4n) is 3.04. The number of rotatable bonds is 8. The number of amides is 2. The van der Waals surface area contributed by atoms with E-state index >= 15 is 0 Å². The summed E-state index contributed by atoms with van der Waals surface area (Å²) < 4.78 is 26.8. The molecule has 2 amide bonds. The zero-order valence-electron chi connectivity index (χ0n) is 19.6. The fraction of sp³-hybridized carbons (Fsp3) is 0.391. The first-order chi connectivity index (χ1) is 15.6. The van der Waals surface area contributed by atoms with Crippen LogP contribution in [-0.2, 0) is 26.2 Å². The van der Waals surface area contributed by atoms with Crippen LogP contribution in [-0.4, -0.2) is 54.6 Å². The molecule has 2 rings (SSSR count). The van der Waals surface area contributed by atoms with E-state index in [1.807, 2.05) is 20.8 Å². The normalized spacial score (nSPS) is 13.0. The van der Waals surface area contributed by atoms with Crippen molar-refractivity contribution in [1.82, 2.24) is 14.5 Å². The molecule has 0 bridgehead atoms. The van der Waals surface area contributed by atoms with Gasteiger partial charge in [-0.25, -0.2) is 8.42 Å². The zero-order chi connectivity index (χ0) is 25.8. The van der Waals surface area contributed by atoms with Crippen LogP contribution in [0.25, 0.3) is 0 Å². The predicted molar refractivity (Wildman–Crippen MR) is 136 cm³/mol. The lowest BCUT2D eigenvalue weighted by molar-refractivity contribution is -0.141. The van der Waals surface area contributed by atoms with Crippen LogP contribution >= 0.6 is 34.8 Å². The van der Waals surface area contributed by atoms with Gasteiger partial charge in [0.1, 0.15) is 6.04 Å². The molecular weight excluding hydrogens is 521 g/mol. The van der Waals surface area contributed by atoms with E-state index in [0.717, 1.165) is 4.31 Å². The topological polar surface area (TPSA) is 86.8 Å². The second kappa shape index (κ2) is 11.3. The van der Waals surface area contributed by atoms with Gasteiger partial charge in [0.25, 0.3) is 0 Å². The summed E-state index contributed by atoms with van der Waals surface area (Å²) in [5.74, 6) is -0.947. The predicted octanol–water partition coefficient (Wildman–Crippen LogP) is 4.60. The van der Waals surface area contributed by atoms with Crippen molar-refractivity contribution < 1.29 is 18.0 Å². The molecule has 0 aliphatic carbocycles. The molecule has 1 atom stereocenters. The maximum Gasteiger partial charge on any atom is 0.243 e. The van der Waals surface area contributed by atoms with E-state index in [-0.39, 0.29) is 17.3 Å². The van der Waals surface area contributed by atoms with Gasteiger partial charge in [0.2, 0.25) is 21.8 Å². The molecule has 0 aromatic heterocycles. The van der Waals surface area contributed by atoms with E-state index in [1.54, 1.807) is 19.1 Å². The molecule has 0 spiro atoms. The fourth-order valence-corrected chi connectivity index (χ4v) is 4.76. The van der Waals surface area contributed by atoms with Crippen LogP contribution in [0, 0.1) is 0 Å². The van der Waals surface area contributed by atoms with Gasteiger partial charge < -0.3 is 10.2 Å². The summed E-state index contributed by atoms with van der Waals surface area (Å²) in [5.41, 5.74) is 0.0465. The van der Waals surface area contributed by atoms with E-state index in [2.05, 4.69) is 5.32 Å². The molecule has 1 N–H and O–H groups in total. The number of benzene rings is 2. The molecule has 0 aliphatic heterocycles. The Kier molecular flexibility index (Phi) is 9.41. The molecule has 11 heteroatoms. The zero-order valence-corrected chi connectivity index (χ0v) is 22.7. The van der Waals surface area contributed by atoms with Gasteiger partial charge in [-0.2, -0.15) is 4.31 Å². The lowest BCUT2D eigenvalue weighted by atomic mass is 10.1. The summed E-state index contributed by atoms with van der Waals surface area (Å²) in [4.78, 5) is 27.5. The molecule has 0 fully saturated rings. The van der Waals surface area contributed by atoms with Gasteiger partial charge in [0, 0.05) is 34.2 Å². The first-order valence-corrected chi connectivity index (χ1v) is 13.0. The van der Waals surface area contributed by atoms with Crippen LogP contribution < -0.4 is 5.32 Å². The van der Waals surface area contributed by atoms with Crippen molar-refractivity contribution >= 4 is 56.6 Å². The molecule has 2 aromatic carbocycles. The highest BCUT2D eigenvalue weighted by Crippen LogP contribution is 2.24. The summed E-state index contributed by atoms with van der Waals surface area (Å²) in [6.07, 6.45) is 0. The van der Waals surface area contributed by atoms with Crippen LogP contribution in [0.2, 0.25) is 15.1 Å². The van der Waals surface area contributed by atoms with Crippen molar-refractivity contribution in [2.45, 2.75) is 50.7 Å². The monoisotopic (exact) mass is 547 g/mol. The average Bonchev–Trinajstić information content (AvgIpc) is 2.71. The number of likely N-dealkylation sites (N-methyl/N-ethyl adjacent to an activating group) is 1. The first-order valence-electron chi connectivity index (χ1n) is 10.4. The van der Waals surface area contributed by atoms with Crippen molar-refractivity contribution in [1.29, 1.82) is 0 Å². The Morgan fingerprint density at radius 2 is 1.56 bits per heavy atom. The Hall–Kier alpha value is -1.84. The van der Waals surface area contributed by atoms with Gasteiger partial charge in [0.15, 0.2) is 0 Å². The van der Waals surface area contributed by atoms with Gasteiger partial charge in [-0.1, -0.05) is 40.9 Å². The summed E-state index contributed by atoms with van der Waals surface area (Å²) in [6, 6.07) is 9.57. The van der Waals surface area contributed by atoms with Crippen molar-refractivity contribution in [3.05, 3.63) is 63.1 Å². The third-order valence-corrected chi connectivity index (χ3v) is 7.56. The second-order valence-corrected chi connectivity index (χ2v) is 12.2. The molecule has 0 radical (unpaired) electrons. The highest BCUT2D eigenvalue weighted by Gasteiger charge is 2.31. The molecule has 0 saturated carbocycles. The molecule has 34 heavy (non-hydrogen) atoms. The van der Waals surface area contributed by atoms with E-state index in [4.69, 9.17) is 34.8 Å². The van der Waals surface area contributed by atoms with Gasteiger partial charge in [-0.3, -0.25) is 9.59 Å². The largest absolute Gasteiger partial charge is 0.350 e. The Morgan fingerprint density at radius 3 is 2.09 bits per heavy atom. The molecule has 0 saturated heterocycles. The van der Waals surface area contributed by atoms with E-state index in [0.29, 0.717) is 20.6 Å². The summed E-state index contributed by atoms with van der Waals surface area (Å²) in [5, 5.41) is 4.00. The van der Waals surface area contributed by atoms with Gasteiger partial charge in [-0.05, 0) is 69.7 Å². The lowest BCUT2D eigenvalue weighted by Crippen LogP contribution is -2.54. The third kappa shape index (κ3) is 7.58. The van der Waals surface area contributed by atoms with Crippen molar-refractivity contribution in [2.24, 2.45) is 0 Å². The average molecular weight is 549 g/mol. The third-order valence-electron chi connectivity index (χ3n) is 4.90. The first kappa shape index (κ1) is 28.4. The molecule has 0 aliphatic rings. The summed E-state index contributed by atoms with van der Waals surface area (Å²) in [7, 11) is -2.66. The minimum atomic E-state index is -3.96. The van der Waals surface area contributed by atoms with Gasteiger partial charge >= 0.3 is 0 Å². The number of nitrogens with one attached hydrogen (secondary N) is 1. The van der Waals surface area contributed by atoms with Crippen LogP contribution in [0.5, 0.6) is 0 Å². The van der Waals surface area contributed by atoms with Gasteiger partial charge in [-0.15, -0.1) is 0 Å². The Morgan fingerprint density at radius 1 is 1.00 bits per heavy atom. The molecule has 0 unspecified atom stereocenters. The smallest absolute Gasteiger partial charge is 0.243 e. The van der Waals surface area contributed by atoms with Crippen LogP contribution in [0.4, 0.5) is 0 Å². The number of carbonyl (C=O) groups excluding carboxylic acids is 2. The standard InChI is InChI=1S/C23H28Cl3N3O4S/c1-15(22(31)27-23(2,3)4)29(13-16-6-7-18(25)12-20(16)26)21(30)14-28(5)34(32,33)19-10-8-17(24)9-11-19/h6-12,15H,13-14H2,1-5H3,(H,27,31)/t15-/m1/s1. The minimum Gasteiger partial charge on any atom is -0.350 e. The number of sulfonamides is 1. The number of nitrogens with zero attached hydrogens (tertiary/aromatic N) is 2. The van der Waals surface area contributed by atoms with Crippen LogP contribution in [0.3, 0.4) is 0 Å². The highest BCUT2D eigenvalue weighted by molar-refractivity contribution is 7.89. The Labute approximate surface area is 216 Å². The number of hydrogen-bond acceptors (Lipinski definition) is 4. The summed E-state index contributed by atoms with van der Waals surface area (Å²) >= 11 is 18.1. The molecule has 2 aromatic rings.